The van der Waals surface area contributed by atoms with Crippen LogP contribution >= 0.6 is 7.82 Å². The van der Waals surface area contributed by atoms with Crippen LogP contribution in [-0.4, -0.2) is 79.5 Å². The Hall–Kier alpha value is -2.36. The van der Waals surface area contributed by atoms with Gasteiger partial charge in [-0.05, 0) is 32.0 Å². The van der Waals surface area contributed by atoms with Crippen molar-refractivity contribution in [3.8, 4) is 11.6 Å². The number of pyridine rings is 1. The molecule has 0 radical (unpaired) electrons. The summed E-state index contributed by atoms with van der Waals surface area (Å²) < 4.78 is 23.9. The second kappa shape index (κ2) is 14.8. The number of hydrogen-bond acceptors (Lipinski definition) is 10. The molecular weight excluding hydrogens is 613 g/mol. The average Bonchev–Trinajstić information content (AvgIpc) is 3.58. The number of ketones is 1. The molecule has 0 N–H and O–H groups in total. The number of methoxy groups -OCH3 is 1. The van der Waals surface area contributed by atoms with E-state index in [2.05, 4.69) is 14.6 Å². The number of ether oxygens (including phenoxy) is 1. The first-order valence-corrected chi connectivity index (χ1v) is 14.4. The Kier molecular flexibility index (Phi) is 12.2. The first kappa shape index (κ1) is 36.1. The number of aromatic nitrogens is 4. The third-order valence-electron chi connectivity index (χ3n) is 6.99. The molecule has 1 saturated heterocycles. The molecule has 220 valence electrons. The molecule has 4 heterocycles. The molecule has 0 bridgehead atoms. The van der Waals surface area contributed by atoms with Crippen LogP contribution in [0.1, 0.15) is 33.3 Å². The summed E-state index contributed by atoms with van der Waals surface area (Å²) in [6.45, 7) is 3.25. The van der Waals surface area contributed by atoms with E-state index in [4.69, 9.17) is 4.74 Å². The van der Waals surface area contributed by atoms with Crippen molar-refractivity contribution >= 4 is 36.3 Å². The zero-order chi connectivity index (χ0) is 30.2. The van der Waals surface area contributed by atoms with Crippen LogP contribution in [0.2, 0.25) is 0 Å². The maximum absolute atomic E-state index is 13.7. The fourth-order valence-electron chi connectivity index (χ4n) is 5.00. The standard InChI is InChI=1S/C27H29N6O8P.2Na/c1-17-9-10-33(29-17)25-23-22(21(40-3)13-28-25)20(15-31(23)16-41-42(37,38)39)24(34)27(36)30-11-12-32(18(2)14-30)26(35)19-7-5-4-6-8-19;;/h4-10,13,15,18H,11-12,14,16H2,1-3H3,(H2,37,38,39);;/q;2*+1/p-2/t18-;;/m1../s1. The summed E-state index contributed by atoms with van der Waals surface area (Å²) in [5.41, 5.74) is 1.24. The zero-order valence-corrected chi connectivity index (χ0v) is 29.9. The van der Waals surface area contributed by atoms with Crippen molar-refractivity contribution in [2.75, 3.05) is 26.7 Å². The Labute approximate surface area is 297 Å². The molecule has 1 aromatic carbocycles. The van der Waals surface area contributed by atoms with Gasteiger partial charge in [-0.1, -0.05) is 18.2 Å². The maximum atomic E-state index is 13.7. The molecule has 44 heavy (non-hydrogen) atoms. The van der Waals surface area contributed by atoms with E-state index in [9.17, 15) is 28.7 Å². The number of phosphoric acid groups is 1. The van der Waals surface area contributed by atoms with Crippen LogP contribution < -0.4 is 73.6 Å². The largest absolute Gasteiger partial charge is 1.00 e. The van der Waals surface area contributed by atoms with Gasteiger partial charge < -0.3 is 38.0 Å². The van der Waals surface area contributed by atoms with Crippen LogP contribution in [0.4, 0.5) is 0 Å². The van der Waals surface area contributed by atoms with Gasteiger partial charge >= 0.3 is 59.1 Å². The predicted octanol–water partition coefficient (Wildman–Crippen LogP) is -5.09. The second-order valence-corrected chi connectivity index (χ2v) is 10.9. The summed E-state index contributed by atoms with van der Waals surface area (Å²) in [7, 11) is -4.04. The van der Waals surface area contributed by atoms with Gasteiger partial charge in [0.15, 0.2) is 5.82 Å². The van der Waals surface area contributed by atoms with Gasteiger partial charge in [-0.15, -0.1) is 0 Å². The van der Waals surface area contributed by atoms with Crippen molar-refractivity contribution in [3.63, 3.8) is 0 Å². The molecule has 0 aliphatic carbocycles. The summed E-state index contributed by atoms with van der Waals surface area (Å²) in [5, 5.41) is 4.50. The number of amides is 2. The van der Waals surface area contributed by atoms with Gasteiger partial charge in [-0.3, -0.25) is 14.4 Å². The van der Waals surface area contributed by atoms with Gasteiger partial charge in [-0.25, -0.2) is 9.67 Å². The van der Waals surface area contributed by atoms with Crippen LogP contribution in [0.3, 0.4) is 0 Å². The minimum atomic E-state index is -5.40. The molecule has 1 aliphatic heterocycles. The quantitative estimate of drug-likeness (QED) is 0.0785. The number of aryl methyl sites for hydroxylation is 1. The van der Waals surface area contributed by atoms with E-state index >= 15 is 0 Å². The number of nitrogens with zero attached hydrogens (tertiary/aromatic N) is 6. The molecule has 1 aliphatic rings. The Morgan fingerprint density at radius 3 is 2.39 bits per heavy atom. The number of phosphoric ester groups is 1. The van der Waals surface area contributed by atoms with Crippen molar-refractivity contribution in [3.05, 3.63) is 71.8 Å². The van der Waals surface area contributed by atoms with Crippen molar-refractivity contribution in [1.82, 2.24) is 29.1 Å². The number of carbonyl (C=O) groups is 3. The van der Waals surface area contributed by atoms with Gasteiger partial charge in [0.2, 0.25) is 0 Å². The first-order valence-electron chi connectivity index (χ1n) is 12.9. The second-order valence-electron chi connectivity index (χ2n) is 9.79. The van der Waals surface area contributed by atoms with Gasteiger partial charge in [0.1, 0.15) is 12.5 Å². The third kappa shape index (κ3) is 7.53. The van der Waals surface area contributed by atoms with E-state index in [0.29, 0.717) is 11.3 Å². The van der Waals surface area contributed by atoms with E-state index in [1.165, 1.54) is 33.7 Å². The van der Waals surface area contributed by atoms with Gasteiger partial charge in [0.25, 0.3) is 17.6 Å². The van der Waals surface area contributed by atoms with Crippen LogP contribution in [0.5, 0.6) is 5.75 Å². The van der Waals surface area contributed by atoms with Crippen LogP contribution in [0.15, 0.2) is 55.0 Å². The Balaban J connectivity index is 0.00000264. The van der Waals surface area contributed by atoms with Crippen molar-refractivity contribution in [2.45, 2.75) is 26.6 Å². The molecule has 1 fully saturated rings. The normalized spacial score (nSPS) is 15.0. The smallest absolute Gasteiger partial charge is 0.790 e. The molecule has 0 spiro atoms. The summed E-state index contributed by atoms with van der Waals surface area (Å²) >= 11 is 0. The molecule has 14 nitrogen and oxygen atoms in total. The molecule has 0 unspecified atom stereocenters. The minimum absolute atomic E-state index is 0. The monoisotopic (exact) mass is 640 g/mol. The Morgan fingerprint density at radius 1 is 1.09 bits per heavy atom. The number of Topliss-reactive ketones (excluding diaryl/α,β-unsaturated/α-hetero) is 1. The van der Waals surface area contributed by atoms with E-state index in [0.717, 1.165) is 0 Å². The van der Waals surface area contributed by atoms with Gasteiger partial charge in [-0.2, -0.15) is 5.10 Å². The summed E-state index contributed by atoms with van der Waals surface area (Å²) in [6, 6.07) is 10.1. The SMILES string of the molecule is COc1cnc(-n2ccc(C)n2)c2c1c(C(=O)C(=O)N1CCN(C(=O)c3ccccc3)[C@H](C)C1)cn2COP(=O)([O-])[O-].[Na+].[Na+]. The van der Waals surface area contributed by atoms with E-state index in [1.54, 1.807) is 55.3 Å². The molecule has 4 aromatic rings. The van der Waals surface area contributed by atoms with Crippen LogP contribution in [0.25, 0.3) is 16.7 Å². The molecule has 17 heteroatoms. The topological polar surface area (TPSA) is 175 Å². The van der Waals surface area contributed by atoms with Crippen molar-refractivity contribution in [2.24, 2.45) is 0 Å². The maximum Gasteiger partial charge on any atom is 1.00 e. The van der Waals surface area contributed by atoms with Gasteiger partial charge in [0.05, 0.1) is 43.3 Å². The molecule has 1 atom stereocenters. The summed E-state index contributed by atoms with van der Waals surface area (Å²) in [6.07, 6.45) is 4.19. The van der Waals surface area contributed by atoms with Crippen LogP contribution in [0, 0.1) is 6.92 Å². The number of carbonyl (C=O) groups excluding carboxylic acids is 3. The minimum Gasteiger partial charge on any atom is -0.790 e. The fourth-order valence-corrected chi connectivity index (χ4v) is 5.27. The van der Waals surface area contributed by atoms with Crippen LogP contribution in [-0.2, 0) is 20.6 Å². The predicted molar refractivity (Wildman–Crippen MR) is 145 cm³/mol. The first-order chi connectivity index (χ1) is 20.0. The molecular formula is C27H27N6Na2O8P. The summed E-state index contributed by atoms with van der Waals surface area (Å²) in [4.78, 5) is 70.2. The molecule has 0 saturated carbocycles. The number of benzene rings is 1. The molecule has 3 aromatic heterocycles. The number of piperazine rings is 1. The van der Waals surface area contributed by atoms with Gasteiger partial charge in [0, 0.05) is 43.6 Å². The third-order valence-corrected chi connectivity index (χ3v) is 7.42. The fraction of sp³-hybridized carbons (Fsp3) is 0.296. The zero-order valence-electron chi connectivity index (χ0n) is 25.0. The number of fused-ring (bicyclic) bond motifs is 1. The van der Waals surface area contributed by atoms with Crippen molar-refractivity contribution in [1.29, 1.82) is 0 Å². The Bertz CT molecular complexity index is 1720. The average molecular weight is 641 g/mol. The summed E-state index contributed by atoms with van der Waals surface area (Å²) in [5.74, 6) is -1.57. The Morgan fingerprint density at radius 2 is 1.80 bits per heavy atom. The number of rotatable bonds is 8. The number of hydrogen-bond donors (Lipinski definition) is 0. The van der Waals surface area contributed by atoms with E-state index < -0.39 is 26.2 Å². The van der Waals surface area contributed by atoms with Crippen molar-refractivity contribution < 1.29 is 97.1 Å². The van der Waals surface area contributed by atoms with E-state index in [1.807, 2.05) is 6.07 Å². The molecule has 2 amide bonds. The van der Waals surface area contributed by atoms with E-state index in [-0.39, 0.29) is 119 Å². The molecule has 5 rings (SSSR count).